The zero-order valence-corrected chi connectivity index (χ0v) is 12.1. The van der Waals surface area contributed by atoms with E-state index in [2.05, 4.69) is 22.5 Å². The van der Waals surface area contributed by atoms with Gasteiger partial charge in [-0.3, -0.25) is 9.69 Å². The van der Waals surface area contributed by atoms with Gasteiger partial charge in [0.25, 0.3) is 0 Å². The van der Waals surface area contributed by atoms with Crippen molar-refractivity contribution < 1.29 is 4.79 Å². The van der Waals surface area contributed by atoms with Crippen molar-refractivity contribution in [1.29, 1.82) is 0 Å². The minimum Gasteiger partial charge on any atom is -0.325 e. The first kappa shape index (κ1) is 14.3. The second kappa shape index (κ2) is 6.37. The largest absolute Gasteiger partial charge is 0.325 e. The molecule has 0 aliphatic carbocycles. The van der Waals surface area contributed by atoms with E-state index in [1.54, 1.807) is 0 Å². The van der Waals surface area contributed by atoms with E-state index < -0.39 is 0 Å². The monoisotopic (exact) mass is 281 g/mol. The van der Waals surface area contributed by atoms with Gasteiger partial charge in [0, 0.05) is 36.4 Å². The molecule has 0 bridgehead atoms. The van der Waals surface area contributed by atoms with Gasteiger partial charge in [-0.1, -0.05) is 17.7 Å². The summed E-state index contributed by atoms with van der Waals surface area (Å²) in [6, 6.07) is 5.93. The Bertz CT molecular complexity index is 464. The highest BCUT2D eigenvalue weighted by molar-refractivity contribution is 6.31. The number of carbonyl (C=O) groups excluding carboxylic acids is 1. The lowest BCUT2D eigenvalue weighted by atomic mass is 10.2. The second-order valence-corrected chi connectivity index (χ2v) is 5.39. The summed E-state index contributed by atoms with van der Waals surface area (Å²) in [5, 5.41) is 6.92. The standard InChI is InChI=1S/C14H20ClN3O/c1-10-8-16-6-7-18(10)9-14(19)17-13-5-3-4-12(15)11(13)2/h3-5,10,16H,6-9H2,1-2H3,(H,17,19)/t10-/m1/s1. The molecule has 0 saturated carbocycles. The molecular formula is C14H20ClN3O. The fraction of sp³-hybridized carbons (Fsp3) is 0.500. The Morgan fingerprint density at radius 3 is 3.11 bits per heavy atom. The van der Waals surface area contributed by atoms with Crippen molar-refractivity contribution >= 4 is 23.2 Å². The first-order valence-corrected chi connectivity index (χ1v) is 6.95. The van der Waals surface area contributed by atoms with Gasteiger partial charge in [0.1, 0.15) is 0 Å². The molecule has 1 heterocycles. The first-order chi connectivity index (χ1) is 9.08. The molecule has 0 spiro atoms. The number of halogens is 1. The predicted octanol–water partition coefficient (Wildman–Crippen LogP) is 1.88. The highest BCUT2D eigenvalue weighted by atomic mass is 35.5. The molecule has 19 heavy (non-hydrogen) atoms. The molecule has 1 atom stereocenters. The van der Waals surface area contributed by atoms with E-state index >= 15 is 0 Å². The van der Waals surface area contributed by atoms with Gasteiger partial charge >= 0.3 is 0 Å². The number of benzene rings is 1. The average Bonchev–Trinajstić information content (AvgIpc) is 2.38. The third kappa shape index (κ3) is 3.69. The van der Waals surface area contributed by atoms with Crippen LogP contribution < -0.4 is 10.6 Å². The van der Waals surface area contributed by atoms with E-state index in [0.717, 1.165) is 30.9 Å². The van der Waals surface area contributed by atoms with E-state index in [4.69, 9.17) is 11.6 Å². The van der Waals surface area contributed by atoms with Crippen LogP contribution in [0.5, 0.6) is 0 Å². The minimum absolute atomic E-state index is 0.0131. The van der Waals surface area contributed by atoms with E-state index in [1.807, 2.05) is 25.1 Å². The van der Waals surface area contributed by atoms with Gasteiger partial charge in [0.05, 0.1) is 6.54 Å². The number of hydrogen-bond donors (Lipinski definition) is 2. The molecule has 1 aromatic rings. The van der Waals surface area contributed by atoms with Crippen molar-refractivity contribution in [2.45, 2.75) is 19.9 Å². The number of nitrogens with zero attached hydrogens (tertiary/aromatic N) is 1. The molecule has 0 radical (unpaired) electrons. The first-order valence-electron chi connectivity index (χ1n) is 6.57. The van der Waals surface area contributed by atoms with Gasteiger partial charge in [0.15, 0.2) is 0 Å². The van der Waals surface area contributed by atoms with Crippen molar-refractivity contribution in [2.75, 3.05) is 31.5 Å². The molecule has 2 rings (SSSR count). The summed E-state index contributed by atoms with van der Waals surface area (Å²) < 4.78 is 0. The van der Waals surface area contributed by atoms with E-state index in [9.17, 15) is 4.79 Å². The Morgan fingerprint density at radius 2 is 2.37 bits per heavy atom. The molecule has 1 fully saturated rings. The van der Waals surface area contributed by atoms with Crippen LogP contribution in [0.15, 0.2) is 18.2 Å². The van der Waals surface area contributed by atoms with Crippen LogP contribution in [0.3, 0.4) is 0 Å². The van der Waals surface area contributed by atoms with Crippen molar-refractivity contribution in [3.8, 4) is 0 Å². The zero-order valence-electron chi connectivity index (χ0n) is 11.4. The third-order valence-electron chi connectivity index (χ3n) is 3.53. The molecule has 1 aliphatic heterocycles. The van der Waals surface area contributed by atoms with Gasteiger partial charge in [-0.05, 0) is 31.5 Å². The molecule has 1 amide bonds. The van der Waals surface area contributed by atoms with Crippen LogP contribution in [0.4, 0.5) is 5.69 Å². The highest BCUT2D eigenvalue weighted by Crippen LogP contribution is 2.22. The summed E-state index contributed by atoms with van der Waals surface area (Å²) in [4.78, 5) is 14.3. The topological polar surface area (TPSA) is 44.4 Å². The van der Waals surface area contributed by atoms with Gasteiger partial charge in [-0.25, -0.2) is 0 Å². The lowest BCUT2D eigenvalue weighted by Crippen LogP contribution is -2.52. The summed E-state index contributed by atoms with van der Waals surface area (Å²) in [6.45, 7) is 7.24. The molecule has 1 saturated heterocycles. The van der Waals surface area contributed by atoms with E-state index in [1.165, 1.54) is 0 Å². The van der Waals surface area contributed by atoms with Gasteiger partial charge in [-0.15, -0.1) is 0 Å². The fourth-order valence-electron chi connectivity index (χ4n) is 2.24. The molecular weight excluding hydrogens is 262 g/mol. The number of nitrogens with one attached hydrogen (secondary N) is 2. The molecule has 0 aromatic heterocycles. The van der Waals surface area contributed by atoms with Crippen LogP contribution in [0.1, 0.15) is 12.5 Å². The summed E-state index contributed by atoms with van der Waals surface area (Å²) in [5.41, 5.74) is 1.70. The van der Waals surface area contributed by atoms with Crippen molar-refractivity contribution in [3.63, 3.8) is 0 Å². The van der Waals surface area contributed by atoms with Crippen LogP contribution in [0, 0.1) is 6.92 Å². The lowest BCUT2D eigenvalue weighted by Gasteiger charge is -2.33. The Labute approximate surface area is 119 Å². The van der Waals surface area contributed by atoms with E-state index in [0.29, 0.717) is 17.6 Å². The second-order valence-electron chi connectivity index (χ2n) is 4.98. The van der Waals surface area contributed by atoms with Crippen molar-refractivity contribution in [1.82, 2.24) is 10.2 Å². The summed E-state index contributed by atoms with van der Waals surface area (Å²) in [6.07, 6.45) is 0. The fourth-order valence-corrected chi connectivity index (χ4v) is 2.41. The Morgan fingerprint density at radius 1 is 1.58 bits per heavy atom. The molecule has 2 N–H and O–H groups in total. The summed E-state index contributed by atoms with van der Waals surface area (Å²) in [5.74, 6) is 0.0131. The molecule has 4 nitrogen and oxygen atoms in total. The quantitative estimate of drug-likeness (QED) is 0.889. The number of amides is 1. The maximum Gasteiger partial charge on any atom is 0.238 e. The van der Waals surface area contributed by atoms with Crippen LogP contribution in [-0.4, -0.2) is 43.0 Å². The predicted molar refractivity (Wildman–Crippen MR) is 78.7 cm³/mol. The van der Waals surface area contributed by atoms with Gasteiger partial charge in [0.2, 0.25) is 5.91 Å². The zero-order chi connectivity index (χ0) is 13.8. The minimum atomic E-state index is 0.0131. The molecule has 0 unspecified atom stereocenters. The molecule has 1 aromatic carbocycles. The number of carbonyl (C=O) groups is 1. The number of anilines is 1. The Hall–Kier alpha value is -1.10. The highest BCUT2D eigenvalue weighted by Gasteiger charge is 2.20. The Balaban J connectivity index is 1.95. The van der Waals surface area contributed by atoms with Crippen LogP contribution in [0.2, 0.25) is 5.02 Å². The number of rotatable bonds is 3. The smallest absolute Gasteiger partial charge is 0.238 e. The van der Waals surface area contributed by atoms with Crippen LogP contribution in [0.25, 0.3) is 0 Å². The van der Waals surface area contributed by atoms with E-state index in [-0.39, 0.29) is 5.91 Å². The average molecular weight is 282 g/mol. The maximum atomic E-state index is 12.1. The van der Waals surface area contributed by atoms with Gasteiger partial charge in [-0.2, -0.15) is 0 Å². The SMILES string of the molecule is Cc1c(Cl)cccc1NC(=O)CN1CCNC[C@H]1C. The van der Waals surface area contributed by atoms with Gasteiger partial charge < -0.3 is 10.6 Å². The van der Waals surface area contributed by atoms with Crippen LogP contribution >= 0.6 is 11.6 Å². The third-order valence-corrected chi connectivity index (χ3v) is 3.94. The number of hydrogen-bond acceptors (Lipinski definition) is 3. The summed E-state index contributed by atoms with van der Waals surface area (Å²) >= 11 is 6.04. The van der Waals surface area contributed by atoms with Crippen molar-refractivity contribution in [2.24, 2.45) is 0 Å². The normalized spacial score (nSPS) is 20.3. The van der Waals surface area contributed by atoms with Crippen LogP contribution in [-0.2, 0) is 4.79 Å². The molecule has 5 heteroatoms. The lowest BCUT2D eigenvalue weighted by molar-refractivity contribution is -0.118. The number of piperazine rings is 1. The van der Waals surface area contributed by atoms with Crippen molar-refractivity contribution in [3.05, 3.63) is 28.8 Å². The summed E-state index contributed by atoms with van der Waals surface area (Å²) in [7, 11) is 0. The molecule has 104 valence electrons. The molecule has 1 aliphatic rings. The maximum absolute atomic E-state index is 12.1. The Kier molecular flexibility index (Phi) is 4.80.